The highest BCUT2D eigenvalue weighted by atomic mass is 32.2. The van der Waals surface area contributed by atoms with Crippen molar-refractivity contribution in [1.82, 2.24) is 4.90 Å². The molecule has 1 heterocycles. The van der Waals surface area contributed by atoms with Crippen LogP contribution >= 0.6 is 11.8 Å². The van der Waals surface area contributed by atoms with Crippen molar-refractivity contribution in [3.05, 3.63) is 23.7 Å². The van der Waals surface area contributed by atoms with Crippen molar-refractivity contribution >= 4 is 17.7 Å². The molecule has 0 aliphatic heterocycles. The number of carbonyl (C=O) groups excluding carboxylic acids is 1. The number of carbonyl (C=O) groups is 1. The summed E-state index contributed by atoms with van der Waals surface area (Å²) in [5.74, 6) is 1.64. The second-order valence-corrected chi connectivity index (χ2v) is 5.40. The minimum absolute atomic E-state index is 0.0897. The molecule has 0 unspecified atom stereocenters. The smallest absolute Gasteiger partial charge is 0.289 e. The van der Waals surface area contributed by atoms with E-state index >= 15 is 0 Å². The zero-order chi connectivity index (χ0) is 13.1. The third-order valence-corrected chi connectivity index (χ3v) is 3.33. The van der Waals surface area contributed by atoms with Crippen LogP contribution in [0.25, 0.3) is 0 Å². The first-order chi connectivity index (χ1) is 7.92. The van der Waals surface area contributed by atoms with Crippen molar-refractivity contribution < 1.29 is 14.3 Å². The molecule has 0 atom stereocenters. The number of aliphatic hydroxyl groups excluding tert-OH is 1. The quantitative estimate of drug-likeness (QED) is 0.876. The molecule has 0 radical (unpaired) electrons. The van der Waals surface area contributed by atoms with Gasteiger partial charge in [0.25, 0.3) is 5.91 Å². The summed E-state index contributed by atoms with van der Waals surface area (Å²) in [7, 11) is 1.66. The molecule has 1 N–H and O–H groups in total. The Morgan fingerprint density at radius 3 is 2.71 bits per heavy atom. The van der Waals surface area contributed by atoms with Crippen molar-refractivity contribution in [2.75, 3.05) is 19.9 Å². The zero-order valence-electron chi connectivity index (χ0n) is 10.7. The molecule has 0 aliphatic rings. The lowest BCUT2D eigenvalue weighted by atomic mass is 10.1. The van der Waals surface area contributed by atoms with E-state index in [4.69, 9.17) is 4.42 Å². The predicted molar refractivity (Wildman–Crippen MR) is 69.2 cm³/mol. The van der Waals surface area contributed by atoms with Crippen molar-refractivity contribution in [2.45, 2.75) is 25.1 Å². The Kier molecular flexibility index (Phi) is 4.65. The molecule has 1 amide bonds. The van der Waals surface area contributed by atoms with E-state index in [1.54, 1.807) is 38.7 Å². The second-order valence-electron chi connectivity index (χ2n) is 4.53. The van der Waals surface area contributed by atoms with Gasteiger partial charge < -0.3 is 14.4 Å². The molecule has 17 heavy (non-hydrogen) atoms. The zero-order valence-corrected chi connectivity index (χ0v) is 11.5. The topological polar surface area (TPSA) is 53.7 Å². The van der Waals surface area contributed by atoms with Crippen LogP contribution in [0.2, 0.25) is 0 Å². The van der Waals surface area contributed by atoms with Gasteiger partial charge in [0, 0.05) is 7.05 Å². The molecular weight excluding hydrogens is 238 g/mol. The number of likely N-dealkylation sites (N-methyl/N-ethyl adjacent to an activating group) is 1. The lowest BCUT2D eigenvalue weighted by Gasteiger charge is -2.33. The van der Waals surface area contributed by atoms with E-state index < -0.39 is 5.54 Å². The Morgan fingerprint density at radius 1 is 1.53 bits per heavy atom. The van der Waals surface area contributed by atoms with Gasteiger partial charge in [-0.25, -0.2) is 0 Å². The maximum absolute atomic E-state index is 12.1. The Hall–Kier alpha value is -0.940. The highest BCUT2D eigenvalue weighted by molar-refractivity contribution is 7.97. The van der Waals surface area contributed by atoms with E-state index in [-0.39, 0.29) is 12.5 Å². The SMILES string of the molecule is CSCc1ccc(C(=O)N(C)C(C)(C)CO)o1. The van der Waals surface area contributed by atoms with Crippen molar-refractivity contribution in [3.8, 4) is 0 Å². The summed E-state index contributed by atoms with van der Waals surface area (Å²) in [5.41, 5.74) is -0.594. The van der Waals surface area contributed by atoms with E-state index in [1.165, 1.54) is 4.90 Å². The first-order valence-electron chi connectivity index (χ1n) is 5.39. The fourth-order valence-corrected chi connectivity index (χ4v) is 1.70. The number of amides is 1. The Morgan fingerprint density at radius 2 is 2.18 bits per heavy atom. The monoisotopic (exact) mass is 257 g/mol. The highest BCUT2D eigenvalue weighted by Crippen LogP contribution is 2.18. The molecule has 0 spiro atoms. The van der Waals surface area contributed by atoms with Crippen molar-refractivity contribution in [1.29, 1.82) is 0 Å². The van der Waals surface area contributed by atoms with Crippen LogP contribution in [0.3, 0.4) is 0 Å². The summed E-state index contributed by atoms with van der Waals surface area (Å²) in [4.78, 5) is 13.6. The average Bonchev–Trinajstić information content (AvgIpc) is 2.76. The van der Waals surface area contributed by atoms with Gasteiger partial charge in [0.2, 0.25) is 0 Å². The van der Waals surface area contributed by atoms with Gasteiger partial charge in [0.05, 0.1) is 17.9 Å². The fraction of sp³-hybridized carbons (Fsp3) is 0.583. The summed E-state index contributed by atoms with van der Waals surface area (Å²) < 4.78 is 5.45. The third-order valence-electron chi connectivity index (χ3n) is 2.76. The van der Waals surface area contributed by atoms with Gasteiger partial charge in [-0.2, -0.15) is 11.8 Å². The molecule has 0 saturated heterocycles. The summed E-state index contributed by atoms with van der Waals surface area (Å²) in [6.07, 6.45) is 1.98. The summed E-state index contributed by atoms with van der Waals surface area (Å²) in [6, 6.07) is 3.49. The second kappa shape index (κ2) is 5.60. The number of furan rings is 1. The van der Waals surface area contributed by atoms with Gasteiger partial charge in [0.15, 0.2) is 5.76 Å². The van der Waals surface area contributed by atoms with Crippen LogP contribution in [-0.2, 0) is 5.75 Å². The van der Waals surface area contributed by atoms with E-state index in [2.05, 4.69) is 0 Å². The normalized spacial score (nSPS) is 11.6. The molecule has 1 aromatic rings. The summed E-state index contributed by atoms with van der Waals surface area (Å²) in [6.45, 7) is 3.51. The lowest BCUT2D eigenvalue weighted by Crippen LogP contribution is -2.47. The molecule has 0 aromatic carbocycles. The van der Waals surface area contributed by atoms with Crippen LogP contribution in [0.15, 0.2) is 16.5 Å². The molecular formula is C12H19NO3S. The molecule has 1 rings (SSSR count). The molecule has 96 valence electrons. The van der Waals surface area contributed by atoms with Crippen molar-refractivity contribution in [3.63, 3.8) is 0 Å². The predicted octanol–water partition coefficient (Wildman–Crippen LogP) is 1.99. The Labute approximate surface area is 106 Å². The number of hydrogen-bond donors (Lipinski definition) is 1. The van der Waals surface area contributed by atoms with Gasteiger partial charge in [-0.1, -0.05) is 0 Å². The van der Waals surface area contributed by atoms with Crippen LogP contribution in [-0.4, -0.2) is 41.4 Å². The number of rotatable bonds is 5. The Balaban J connectivity index is 2.81. The summed E-state index contributed by atoms with van der Waals surface area (Å²) >= 11 is 1.64. The van der Waals surface area contributed by atoms with E-state index in [9.17, 15) is 9.90 Å². The third kappa shape index (κ3) is 3.26. The van der Waals surface area contributed by atoms with Gasteiger partial charge in [0.1, 0.15) is 5.76 Å². The number of aliphatic hydroxyl groups is 1. The van der Waals surface area contributed by atoms with Crippen LogP contribution < -0.4 is 0 Å². The fourth-order valence-electron chi connectivity index (χ4n) is 1.26. The molecule has 0 saturated carbocycles. The highest BCUT2D eigenvalue weighted by Gasteiger charge is 2.29. The summed E-state index contributed by atoms with van der Waals surface area (Å²) in [5, 5.41) is 9.22. The molecule has 4 nitrogen and oxygen atoms in total. The minimum Gasteiger partial charge on any atom is -0.455 e. The maximum atomic E-state index is 12.1. The minimum atomic E-state index is -0.594. The number of thioether (sulfide) groups is 1. The van der Waals surface area contributed by atoms with Gasteiger partial charge in [-0.05, 0) is 32.2 Å². The van der Waals surface area contributed by atoms with E-state index in [1.807, 2.05) is 12.3 Å². The molecule has 1 aromatic heterocycles. The van der Waals surface area contributed by atoms with Gasteiger partial charge in [-0.3, -0.25) is 4.79 Å². The lowest BCUT2D eigenvalue weighted by molar-refractivity contribution is 0.0443. The van der Waals surface area contributed by atoms with Crippen molar-refractivity contribution in [2.24, 2.45) is 0 Å². The maximum Gasteiger partial charge on any atom is 0.289 e. The van der Waals surface area contributed by atoms with Gasteiger partial charge in [-0.15, -0.1) is 0 Å². The molecule has 5 heteroatoms. The largest absolute Gasteiger partial charge is 0.455 e. The van der Waals surface area contributed by atoms with Crippen LogP contribution in [0.4, 0.5) is 0 Å². The Bertz CT molecular complexity index is 387. The molecule has 0 aliphatic carbocycles. The molecule has 0 fully saturated rings. The first kappa shape index (κ1) is 14.1. The number of nitrogens with zero attached hydrogens (tertiary/aromatic N) is 1. The number of hydrogen-bond acceptors (Lipinski definition) is 4. The standard InChI is InChI=1S/C12H19NO3S/c1-12(2,8-14)13(3)11(15)10-6-5-9(16-10)7-17-4/h5-6,14H,7-8H2,1-4H3. The average molecular weight is 257 g/mol. The molecule has 0 bridgehead atoms. The first-order valence-corrected chi connectivity index (χ1v) is 6.78. The van der Waals surface area contributed by atoms with Crippen LogP contribution in [0.5, 0.6) is 0 Å². The van der Waals surface area contributed by atoms with E-state index in [0.717, 1.165) is 11.5 Å². The van der Waals surface area contributed by atoms with Crippen LogP contribution in [0.1, 0.15) is 30.2 Å². The van der Waals surface area contributed by atoms with E-state index in [0.29, 0.717) is 5.76 Å². The van der Waals surface area contributed by atoms with Crippen LogP contribution in [0, 0.1) is 0 Å². The van der Waals surface area contributed by atoms with Gasteiger partial charge >= 0.3 is 0 Å².